The average molecular weight is 166 g/mol. The van der Waals surface area contributed by atoms with Crippen molar-refractivity contribution >= 4 is 5.69 Å². The fraction of sp³-hybridized carbons (Fsp3) is 0.333. The van der Waals surface area contributed by atoms with Gasteiger partial charge in [-0.1, -0.05) is 13.0 Å². The Kier molecular flexibility index (Phi) is 3.08. The highest BCUT2D eigenvalue weighted by Crippen LogP contribution is 2.13. The first kappa shape index (κ1) is 9.03. The fourth-order valence-corrected chi connectivity index (χ4v) is 1.24. The van der Waals surface area contributed by atoms with Crippen LogP contribution in [0.15, 0.2) is 18.2 Å². The van der Waals surface area contributed by atoms with E-state index in [2.05, 4.69) is 12.4 Å². The third-order valence-corrected chi connectivity index (χ3v) is 1.88. The molecule has 4 N–H and O–H groups in total. The highest BCUT2D eigenvalue weighted by molar-refractivity contribution is 5.44. The van der Waals surface area contributed by atoms with Gasteiger partial charge in [0, 0.05) is 12.2 Å². The summed E-state index contributed by atoms with van der Waals surface area (Å²) in [5.74, 6) is 0. The molecule has 0 atom stereocenters. The van der Waals surface area contributed by atoms with Crippen LogP contribution < -0.4 is 11.2 Å². The number of anilines is 1. The second-order valence-electron chi connectivity index (χ2n) is 2.72. The Labute approximate surface area is 72.2 Å². The number of benzene rings is 1. The minimum absolute atomic E-state index is 0.453. The molecule has 0 bridgehead atoms. The quantitative estimate of drug-likeness (QED) is 0.468. The largest absolute Gasteiger partial charge is 0.399 e. The van der Waals surface area contributed by atoms with Gasteiger partial charge in [-0.2, -0.15) is 0 Å². The lowest BCUT2D eigenvalue weighted by molar-refractivity contribution is 0.161. The Morgan fingerprint density at radius 1 is 1.42 bits per heavy atom. The number of hydroxylamine groups is 1. The molecule has 0 amide bonds. The maximum Gasteiger partial charge on any atom is 0.0461 e. The summed E-state index contributed by atoms with van der Waals surface area (Å²) < 4.78 is 0. The number of aryl methyl sites for hydroxylation is 1. The molecule has 0 unspecified atom stereocenters. The third kappa shape index (κ3) is 1.96. The Morgan fingerprint density at radius 3 is 2.75 bits per heavy atom. The van der Waals surface area contributed by atoms with Gasteiger partial charge in [-0.3, -0.25) is 0 Å². The van der Waals surface area contributed by atoms with Crippen LogP contribution in [0.1, 0.15) is 18.1 Å². The molecule has 3 heteroatoms. The van der Waals surface area contributed by atoms with Crippen molar-refractivity contribution in [2.75, 3.05) is 5.73 Å². The first-order valence-electron chi connectivity index (χ1n) is 4.02. The molecule has 0 aromatic heterocycles. The number of nitrogen functional groups attached to an aromatic ring is 1. The first-order chi connectivity index (χ1) is 5.77. The van der Waals surface area contributed by atoms with Gasteiger partial charge in [0.05, 0.1) is 0 Å². The number of nitrogens with one attached hydrogen (secondary N) is 1. The minimum atomic E-state index is 0.453. The van der Waals surface area contributed by atoms with Crippen LogP contribution >= 0.6 is 0 Å². The van der Waals surface area contributed by atoms with E-state index in [-0.39, 0.29) is 0 Å². The van der Waals surface area contributed by atoms with E-state index in [1.165, 1.54) is 5.56 Å². The molecule has 3 nitrogen and oxygen atoms in total. The molecule has 66 valence electrons. The molecular formula is C9H14N2O. The molecular weight excluding hydrogens is 152 g/mol. The third-order valence-electron chi connectivity index (χ3n) is 1.88. The maximum atomic E-state index is 8.54. The lowest BCUT2D eigenvalue weighted by Crippen LogP contribution is -2.08. The van der Waals surface area contributed by atoms with Crippen molar-refractivity contribution in [3.63, 3.8) is 0 Å². The van der Waals surface area contributed by atoms with E-state index in [9.17, 15) is 0 Å². The van der Waals surface area contributed by atoms with Crippen LogP contribution in [0.3, 0.4) is 0 Å². The molecule has 0 saturated carbocycles. The van der Waals surface area contributed by atoms with Gasteiger partial charge in [0.2, 0.25) is 0 Å². The summed E-state index contributed by atoms with van der Waals surface area (Å²) in [6.07, 6.45) is 0.956. The molecule has 0 aliphatic heterocycles. The Bertz CT molecular complexity index is 261. The van der Waals surface area contributed by atoms with Crippen molar-refractivity contribution in [2.45, 2.75) is 19.9 Å². The van der Waals surface area contributed by atoms with E-state index in [0.29, 0.717) is 6.54 Å². The van der Waals surface area contributed by atoms with Crippen LogP contribution in [0.4, 0.5) is 5.69 Å². The summed E-state index contributed by atoms with van der Waals surface area (Å²) in [5, 5.41) is 8.54. The van der Waals surface area contributed by atoms with Crippen LogP contribution in [0.25, 0.3) is 0 Å². The van der Waals surface area contributed by atoms with Gasteiger partial charge in [0.15, 0.2) is 0 Å². The average Bonchev–Trinajstić information content (AvgIpc) is 2.05. The van der Waals surface area contributed by atoms with Gasteiger partial charge < -0.3 is 10.9 Å². The van der Waals surface area contributed by atoms with E-state index in [1.54, 1.807) is 0 Å². The highest BCUT2D eigenvalue weighted by atomic mass is 16.5. The van der Waals surface area contributed by atoms with Crippen molar-refractivity contribution in [3.8, 4) is 0 Å². The monoisotopic (exact) mass is 166 g/mol. The molecule has 1 aromatic rings. The predicted molar refractivity (Wildman–Crippen MR) is 48.9 cm³/mol. The molecule has 0 heterocycles. The standard InChI is InChI=1S/C9H14N2O/c1-2-7-3-4-9(10)5-8(7)6-11-12/h3-5,11-12H,2,6,10H2,1H3. The predicted octanol–water partition coefficient (Wildman–Crippen LogP) is 1.31. The highest BCUT2D eigenvalue weighted by Gasteiger charge is 1.99. The zero-order valence-electron chi connectivity index (χ0n) is 7.17. The maximum absolute atomic E-state index is 8.54. The molecule has 12 heavy (non-hydrogen) atoms. The Hall–Kier alpha value is -1.06. The molecule has 0 fully saturated rings. The number of hydrogen-bond acceptors (Lipinski definition) is 3. The summed E-state index contributed by atoms with van der Waals surface area (Å²) in [7, 11) is 0. The summed E-state index contributed by atoms with van der Waals surface area (Å²) in [4.78, 5) is 0. The second kappa shape index (κ2) is 4.09. The molecule has 0 aliphatic rings. The van der Waals surface area contributed by atoms with Gasteiger partial charge in [-0.25, -0.2) is 5.48 Å². The zero-order valence-corrected chi connectivity index (χ0v) is 7.17. The van der Waals surface area contributed by atoms with E-state index in [1.807, 2.05) is 18.2 Å². The number of nitrogens with two attached hydrogens (primary N) is 1. The smallest absolute Gasteiger partial charge is 0.0461 e. The molecule has 0 aliphatic carbocycles. The first-order valence-corrected chi connectivity index (χ1v) is 4.02. The minimum Gasteiger partial charge on any atom is -0.399 e. The van der Waals surface area contributed by atoms with Gasteiger partial charge in [0.1, 0.15) is 0 Å². The van der Waals surface area contributed by atoms with E-state index in [0.717, 1.165) is 17.7 Å². The molecule has 1 aromatic carbocycles. The molecule has 0 spiro atoms. The SMILES string of the molecule is CCc1ccc(N)cc1CNO. The van der Waals surface area contributed by atoms with E-state index < -0.39 is 0 Å². The topological polar surface area (TPSA) is 58.3 Å². The van der Waals surface area contributed by atoms with Gasteiger partial charge in [-0.05, 0) is 29.7 Å². The number of rotatable bonds is 3. The summed E-state index contributed by atoms with van der Waals surface area (Å²) >= 11 is 0. The Morgan fingerprint density at radius 2 is 2.17 bits per heavy atom. The zero-order chi connectivity index (χ0) is 8.97. The van der Waals surface area contributed by atoms with Gasteiger partial charge in [0.25, 0.3) is 0 Å². The van der Waals surface area contributed by atoms with Crippen molar-refractivity contribution < 1.29 is 5.21 Å². The van der Waals surface area contributed by atoms with Crippen molar-refractivity contribution in [3.05, 3.63) is 29.3 Å². The van der Waals surface area contributed by atoms with Crippen LogP contribution in [-0.4, -0.2) is 5.21 Å². The van der Waals surface area contributed by atoms with E-state index in [4.69, 9.17) is 10.9 Å². The summed E-state index contributed by atoms with van der Waals surface area (Å²) in [6.45, 7) is 2.53. The van der Waals surface area contributed by atoms with Crippen LogP contribution in [-0.2, 0) is 13.0 Å². The molecule has 0 saturated heterocycles. The molecule has 0 radical (unpaired) electrons. The normalized spacial score (nSPS) is 10.2. The number of hydrogen-bond donors (Lipinski definition) is 3. The van der Waals surface area contributed by atoms with Crippen molar-refractivity contribution in [1.82, 2.24) is 5.48 Å². The molecule has 1 rings (SSSR count). The summed E-state index contributed by atoms with van der Waals surface area (Å²) in [5.41, 5.74) is 10.7. The second-order valence-corrected chi connectivity index (χ2v) is 2.72. The van der Waals surface area contributed by atoms with Crippen molar-refractivity contribution in [1.29, 1.82) is 0 Å². The lowest BCUT2D eigenvalue weighted by Gasteiger charge is -2.07. The fourth-order valence-electron chi connectivity index (χ4n) is 1.24. The Balaban J connectivity index is 2.95. The van der Waals surface area contributed by atoms with Crippen LogP contribution in [0.5, 0.6) is 0 Å². The van der Waals surface area contributed by atoms with E-state index >= 15 is 0 Å². The summed E-state index contributed by atoms with van der Waals surface area (Å²) in [6, 6.07) is 5.74. The van der Waals surface area contributed by atoms with Crippen molar-refractivity contribution in [2.24, 2.45) is 0 Å². The van der Waals surface area contributed by atoms with Crippen LogP contribution in [0, 0.1) is 0 Å². The lowest BCUT2D eigenvalue weighted by atomic mass is 10.0. The van der Waals surface area contributed by atoms with Crippen LogP contribution in [0.2, 0.25) is 0 Å². The van der Waals surface area contributed by atoms with Gasteiger partial charge >= 0.3 is 0 Å². The van der Waals surface area contributed by atoms with Gasteiger partial charge in [-0.15, -0.1) is 0 Å².